The minimum atomic E-state index is -0.0144. The Morgan fingerprint density at radius 2 is 1.71 bits per heavy atom. The van der Waals surface area contributed by atoms with Gasteiger partial charge in [-0.05, 0) is 62.1 Å². The predicted octanol–water partition coefficient (Wildman–Crippen LogP) is 4.87. The highest BCUT2D eigenvalue weighted by Crippen LogP contribution is 2.27. The first-order chi connectivity index (χ1) is 16.6. The standard InChI is InChI=1S/C27H32N4O3/c1-3-4-7-16-28-24(32)20-14-17-31(18-15-20)27(33)22-12-10-21(11-13-22)25-29-30-26(34-25)23-9-6-5-8-19(23)2/h5-6,8-13,20H,3-4,7,14-18H2,1-2H3,(H,28,32). The molecule has 2 aromatic carbocycles. The van der Waals surface area contributed by atoms with Crippen LogP contribution in [0.5, 0.6) is 0 Å². The lowest BCUT2D eigenvalue weighted by Crippen LogP contribution is -2.43. The number of rotatable bonds is 8. The fourth-order valence-electron chi connectivity index (χ4n) is 4.28. The summed E-state index contributed by atoms with van der Waals surface area (Å²) in [6.45, 7) is 6.08. The van der Waals surface area contributed by atoms with Gasteiger partial charge in [-0.3, -0.25) is 9.59 Å². The normalized spacial score (nSPS) is 14.2. The molecule has 0 aliphatic carbocycles. The molecule has 4 rings (SSSR count). The third kappa shape index (κ3) is 5.53. The van der Waals surface area contributed by atoms with Crippen LogP contribution in [0.1, 0.15) is 54.9 Å². The van der Waals surface area contributed by atoms with Gasteiger partial charge >= 0.3 is 0 Å². The summed E-state index contributed by atoms with van der Waals surface area (Å²) in [5.41, 5.74) is 3.36. The Balaban J connectivity index is 1.33. The van der Waals surface area contributed by atoms with E-state index >= 15 is 0 Å². The molecule has 0 bridgehead atoms. The molecule has 1 fully saturated rings. The molecule has 0 atom stereocenters. The van der Waals surface area contributed by atoms with Gasteiger partial charge in [-0.2, -0.15) is 0 Å². The first kappa shape index (κ1) is 23.7. The zero-order valence-electron chi connectivity index (χ0n) is 19.9. The zero-order chi connectivity index (χ0) is 23.9. The highest BCUT2D eigenvalue weighted by atomic mass is 16.4. The van der Waals surface area contributed by atoms with Crippen molar-refractivity contribution in [3.8, 4) is 22.9 Å². The van der Waals surface area contributed by atoms with E-state index in [1.807, 2.05) is 48.2 Å². The Labute approximate surface area is 200 Å². The van der Waals surface area contributed by atoms with Gasteiger partial charge in [0.2, 0.25) is 17.7 Å². The minimum Gasteiger partial charge on any atom is -0.416 e. The van der Waals surface area contributed by atoms with E-state index in [0.717, 1.165) is 42.5 Å². The number of piperidine rings is 1. The van der Waals surface area contributed by atoms with E-state index in [1.165, 1.54) is 0 Å². The van der Waals surface area contributed by atoms with Gasteiger partial charge < -0.3 is 14.6 Å². The van der Waals surface area contributed by atoms with Crippen LogP contribution >= 0.6 is 0 Å². The van der Waals surface area contributed by atoms with Gasteiger partial charge in [-0.15, -0.1) is 10.2 Å². The van der Waals surface area contributed by atoms with Crippen LogP contribution in [0.25, 0.3) is 22.9 Å². The number of aromatic nitrogens is 2. The van der Waals surface area contributed by atoms with E-state index in [1.54, 1.807) is 12.1 Å². The number of nitrogens with one attached hydrogen (secondary N) is 1. The topological polar surface area (TPSA) is 88.3 Å². The van der Waals surface area contributed by atoms with E-state index in [2.05, 4.69) is 22.4 Å². The quantitative estimate of drug-likeness (QED) is 0.485. The molecule has 0 saturated carbocycles. The summed E-state index contributed by atoms with van der Waals surface area (Å²) < 4.78 is 5.87. The summed E-state index contributed by atoms with van der Waals surface area (Å²) in [6, 6.07) is 15.1. The Bertz CT molecular complexity index is 1110. The summed E-state index contributed by atoms with van der Waals surface area (Å²) in [6.07, 6.45) is 4.69. The van der Waals surface area contributed by atoms with Crippen molar-refractivity contribution in [2.45, 2.75) is 46.0 Å². The summed E-state index contributed by atoms with van der Waals surface area (Å²) in [5, 5.41) is 11.4. The lowest BCUT2D eigenvalue weighted by molar-refractivity contribution is -0.126. The molecule has 34 heavy (non-hydrogen) atoms. The van der Waals surface area contributed by atoms with Crippen molar-refractivity contribution in [2.24, 2.45) is 5.92 Å². The van der Waals surface area contributed by atoms with E-state index in [-0.39, 0.29) is 17.7 Å². The van der Waals surface area contributed by atoms with E-state index in [9.17, 15) is 9.59 Å². The first-order valence-corrected chi connectivity index (χ1v) is 12.1. The number of hydrogen-bond donors (Lipinski definition) is 1. The minimum absolute atomic E-state index is 0.00646. The maximum atomic E-state index is 13.0. The third-order valence-corrected chi connectivity index (χ3v) is 6.41. The van der Waals surface area contributed by atoms with Crippen LogP contribution in [0.15, 0.2) is 52.9 Å². The number of aryl methyl sites for hydroxylation is 1. The highest BCUT2D eigenvalue weighted by Gasteiger charge is 2.27. The molecule has 1 aliphatic rings. The molecule has 0 radical (unpaired) electrons. The highest BCUT2D eigenvalue weighted by molar-refractivity contribution is 5.94. The number of nitrogens with zero attached hydrogens (tertiary/aromatic N) is 3. The Hall–Kier alpha value is -3.48. The van der Waals surface area contributed by atoms with Crippen LogP contribution in [-0.4, -0.2) is 46.5 Å². The van der Waals surface area contributed by atoms with E-state index < -0.39 is 0 Å². The number of likely N-dealkylation sites (tertiary alicyclic amines) is 1. The molecule has 2 amide bonds. The Morgan fingerprint density at radius 3 is 2.41 bits per heavy atom. The van der Waals surface area contributed by atoms with Crippen molar-refractivity contribution in [1.82, 2.24) is 20.4 Å². The second kappa shape index (κ2) is 11.1. The van der Waals surface area contributed by atoms with Crippen LogP contribution in [0, 0.1) is 12.8 Å². The molecular formula is C27H32N4O3. The van der Waals surface area contributed by atoms with Crippen LogP contribution in [0.2, 0.25) is 0 Å². The van der Waals surface area contributed by atoms with Crippen molar-refractivity contribution in [3.05, 3.63) is 59.7 Å². The van der Waals surface area contributed by atoms with Crippen molar-refractivity contribution in [2.75, 3.05) is 19.6 Å². The van der Waals surface area contributed by atoms with Gasteiger partial charge in [0.25, 0.3) is 5.91 Å². The lowest BCUT2D eigenvalue weighted by Gasteiger charge is -2.31. The van der Waals surface area contributed by atoms with Crippen molar-refractivity contribution < 1.29 is 14.0 Å². The van der Waals surface area contributed by atoms with Crippen LogP contribution in [0.3, 0.4) is 0 Å². The van der Waals surface area contributed by atoms with Crippen molar-refractivity contribution in [1.29, 1.82) is 0 Å². The SMILES string of the molecule is CCCCCNC(=O)C1CCN(C(=O)c2ccc(-c3nnc(-c4ccccc4C)o3)cc2)CC1. The molecule has 1 aromatic heterocycles. The average Bonchev–Trinajstić information content (AvgIpc) is 3.37. The fourth-order valence-corrected chi connectivity index (χ4v) is 4.28. The summed E-state index contributed by atoms with van der Waals surface area (Å²) in [5.74, 6) is 0.998. The number of carbonyl (C=O) groups is 2. The predicted molar refractivity (Wildman–Crippen MR) is 131 cm³/mol. The Morgan fingerprint density at radius 1 is 1.00 bits per heavy atom. The molecule has 1 saturated heterocycles. The number of hydrogen-bond acceptors (Lipinski definition) is 5. The molecule has 1 aliphatic heterocycles. The van der Waals surface area contributed by atoms with Crippen LogP contribution in [0.4, 0.5) is 0 Å². The fraction of sp³-hybridized carbons (Fsp3) is 0.407. The monoisotopic (exact) mass is 460 g/mol. The summed E-state index contributed by atoms with van der Waals surface area (Å²) >= 11 is 0. The lowest BCUT2D eigenvalue weighted by atomic mass is 9.95. The Kier molecular flexibility index (Phi) is 7.72. The van der Waals surface area contributed by atoms with Gasteiger partial charge in [0.05, 0.1) is 0 Å². The molecule has 7 nitrogen and oxygen atoms in total. The van der Waals surface area contributed by atoms with Gasteiger partial charge in [0.15, 0.2) is 0 Å². The molecule has 3 aromatic rings. The number of amides is 2. The first-order valence-electron chi connectivity index (χ1n) is 12.1. The number of unbranched alkanes of at least 4 members (excludes halogenated alkanes) is 2. The van der Waals surface area contributed by atoms with E-state index in [4.69, 9.17) is 4.42 Å². The van der Waals surface area contributed by atoms with Gasteiger partial charge in [0.1, 0.15) is 0 Å². The molecule has 0 spiro atoms. The van der Waals surface area contributed by atoms with Crippen molar-refractivity contribution in [3.63, 3.8) is 0 Å². The summed E-state index contributed by atoms with van der Waals surface area (Å²) in [4.78, 5) is 27.2. The second-order valence-corrected chi connectivity index (χ2v) is 8.87. The van der Waals surface area contributed by atoms with Gasteiger partial charge in [-0.1, -0.05) is 38.0 Å². The zero-order valence-corrected chi connectivity index (χ0v) is 19.9. The average molecular weight is 461 g/mol. The summed E-state index contributed by atoms with van der Waals surface area (Å²) in [7, 11) is 0. The second-order valence-electron chi connectivity index (χ2n) is 8.87. The van der Waals surface area contributed by atoms with Crippen LogP contribution < -0.4 is 5.32 Å². The largest absolute Gasteiger partial charge is 0.416 e. The number of benzene rings is 2. The molecule has 0 unspecified atom stereocenters. The number of carbonyl (C=O) groups excluding carboxylic acids is 2. The molecule has 7 heteroatoms. The van der Waals surface area contributed by atoms with E-state index in [0.29, 0.717) is 43.3 Å². The maximum Gasteiger partial charge on any atom is 0.253 e. The molecular weight excluding hydrogens is 428 g/mol. The van der Waals surface area contributed by atoms with Gasteiger partial charge in [0, 0.05) is 42.2 Å². The molecule has 178 valence electrons. The molecule has 1 N–H and O–H groups in total. The molecule has 2 heterocycles. The smallest absolute Gasteiger partial charge is 0.253 e. The van der Waals surface area contributed by atoms with Gasteiger partial charge in [-0.25, -0.2) is 0 Å². The maximum absolute atomic E-state index is 13.0. The van der Waals surface area contributed by atoms with Crippen LogP contribution in [-0.2, 0) is 4.79 Å². The third-order valence-electron chi connectivity index (χ3n) is 6.41. The van der Waals surface area contributed by atoms with Crippen molar-refractivity contribution >= 4 is 11.8 Å².